The predicted molar refractivity (Wildman–Crippen MR) is 102 cm³/mol. The van der Waals surface area contributed by atoms with Gasteiger partial charge in [-0.1, -0.05) is 42.5 Å². The molecule has 2 aliphatic rings. The van der Waals surface area contributed by atoms with Gasteiger partial charge in [0.1, 0.15) is 0 Å². The summed E-state index contributed by atoms with van der Waals surface area (Å²) in [5.41, 5.74) is 4.77. The van der Waals surface area contributed by atoms with Gasteiger partial charge in [-0.3, -0.25) is 9.69 Å². The van der Waals surface area contributed by atoms with E-state index in [2.05, 4.69) is 61.2 Å². The Morgan fingerprint density at radius 1 is 0.960 bits per heavy atom. The maximum absolute atomic E-state index is 13.0. The normalized spacial score (nSPS) is 25.9. The van der Waals surface area contributed by atoms with Gasteiger partial charge < -0.3 is 0 Å². The van der Waals surface area contributed by atoms with Crippen LogP contribution < -0.4 is 0 Å². The minimum Gasteiger partial charge on any atom is -0.294 e. The van der Waals surface area contributed by atoms with Crippen molar-refractivity contribution in [1.29, 1.82) is 0 Å². The molecule has 0 saturated carbocycles. The van der Waals surface area contributed by atoms with Crippen LogP contribution in [0.3, 0.4) is 0 Å². The Labute approximate surface area is 150 Å². The van der Waals surface area contributed by atoms with Crippen molar-refractivity contribution in [1.82, 2.24) is 4.90 Å². The lowest BCUT2D eigenvalue weighted by Gasteiger charge is -2.38. The molecule has 2 unspecified atom stereocenters. The lowest BCUT2D eigenvalue weighted by Crippen LogP contribution is -2.44. The summed E-state index contributed by atoms with van der Waals surface area (Å²) in [6.45, 7) is 5.23. The minimum atomic E-state index is 0.201. The fraction of sp³-hybridized carbons (Fsp3) is 0.435. The number of carbonyl (C=O) groups excluding carboxylic acids is 1. The van der Waals surface area contributed by atoms with Crippen LogP contribution in [0.5, 0.6) is 0 Å². The second-order valence-corrected chi connectivity index (χ2v) is 7.87. The van der Waals surface area contributed by atoms with Crippen molar-refractivity contribution in [2.24, 2.45) is 5.92 Å². The number of Topliss-reactive ketones (excluding diaryl/α,β-unsaturated/α-hetero) is 1. The van der Waals surface area contributed by atoms with Gasteiger partial charge in [-0.15, -0.1) is 0 Å². The molecule has 2 aliphatic heterocycles. The van der Waals surface area contributed by atoms with Gasteiger partial charge in [-0.25, -0.2) is 0 Å². The largest absolute Gasteiger partial charge is 0.294 e. The molecule has 0 amide bonds. The van der Waals surface area contributed by atoms with E-state index in [-0.39, 0.29) is 5.92 Å². The van der Waals surface area contributed by atoms with Crippen LogP contribution in [0.2, 0.25) is 0 Å². The summed E-state index contributed by atoms with van der Waals surface area (Å²) >= 11 is 0. The first-order valence-electron chi connectivity index (χ1n) is 9.53. The van der Waals surface area contributed by atoms with E-state index in [1.165, 1.54) is 29.5 Å². The number of rotatable bonds is 4. The van der Waals surface area contributed by atoms with Crippen molar-refractivity contribution < 1.29 is 4.79 Å². The number of hydrogen-bond acceptors (Lipinski definition) is 2. The Kier molecular flexibility index (Phi) is 4.47. The molecule has 25 heavy (non-hydrogen) atoms. The molecule has 0 spiro atoms. The molecule has 0 aromatic heterocycles. The molecule has 2 aromatic carbocycles. The molecule has 2 fully saturated rings. The van der Waals surface area contributed by atoms with Crippen molar-refractivity contribution in [3.63, 3.8) is 0 Å². The van der Waals surface area contributed by atoms with Gasteiger partial charge in [0.15, 0.2) is 5.78 Å². The number of hydrogen-bond donors (Lipinski definition) is 0. The third-order valence-corrected chi connectivity index (χ3v) is 6.25. The van der Waals surface area contributed by atoms with Crippen molar-refractivity contribution in [2.75, 3.05) is 0 Å². The van der Waals surface area contributed by atoms with Crippen LogP contribution in [0.25, 0.3) is 0 Å². The second-order valence-electron chi connectivity index (χ2n) is 7.87. The van der Waals surface area contributed by atoms with Crippen molar-refractivity contribution >= 4 is 5.78 Å². The van der Waals surface area contributed by atoms with Gasteiger partial charge in [0.2, 0.25) is 0 Å². The molecular weight excluding hydrogens is 306 g/mol. The number of ketones is 1. The van der Waals surface area contributed by atoms with Crippen LogP contribution in [0, 0.1) is 19.8 Å². The van der Waals surface area contributed by atoms with Crippen LogP contribution in [-0.2, 0) is 6.54 Å². The summed E-state index contributed by atoms with van der Waals surface area (Å²) in [5, 5.41) is 0. The fourth-order valence-corrected chi connectivity index (χ4v) is 4.67. The topological polar surface area (TPSA) is 20.3 Å². The molecule has 0 aliphatic carbocycles. The molecule has 2 heteroatoms. The first-order chi connectivity index (χ1) is 12.1. The van der Waals surface area contributed by atoms with Gasteiger partial charge in [-0.2, -0.15) is 0 Å². The third-order valence-electron chi connectivity index (χ3n) is 6.25. The summed E-state index contributed by atoms with van der Waals surface area (Å²) in [6, 6.07) is 18.1. The molecule has 0 radical (unpaired) electrons. The van der Waals surface area contributed by atoms with Crippen LogP contribution in [0.1, 0.15) is 52.7 Å². The highest BCUT2D eigenvalue weighted by atomic mass is 16.1. The zero-order chi connectivity index (χ0) is 17.4. The lowest BCUT2D eigenvalue weighted by atomic mass is 9.84. The standard InChI is InChI=1S/C23H27NO/c1-16-8-9-19(12-17(16)2)23(25)20-13-21-10-11-22(14-20)24(21)15-18-6-4-3-5-7-18/h3-9,12,20-22H,10-11,13-15H2,1-2H3. The molecule has 2 saturated heterocycles. The Bertz CT molecular complexity index is 753. The van der Waals surface area contributed by atoms with E-state index >= 15 is 0 Å². The molecule has 4 rings (SSSR count). The zero-order valence-corrected chi connectivity index (χ0v) is 15.2. The summed E-state index contributed by atoms with van der Waals surface area (Å²) in [7, 11) is 0. The van der Waals surface area contributed by atoms with E-state index in [4.69, 9.17) is 0 Å². The first-order valence-corrected chi connectivity index (χ1v) is 9.53. The monoisotopic (exact) mass is 333 g/mol. The van der Waals surface area contributed by atoms with Gasteiger partial charge in [0.05, 0.1) is 0 Å². The smallest absolute Gasteiger partial charge is 0.166 e. The minimum absolute atomic E-state index is 0.201. The van der Waals surface area contributed by atoms with Gasteiger partial charge >= 0.3 is 0 Å². The maximum Gasteiger partial charge on any atom is 0.166 e. The molecule has 0 N–H and O–H groups in total. The van der Waals surface area contributed by atoms with Crippen LogP contribution in [0.15, 0.2) is 48.5 Å². The summed E-state index contributed by atoms with van der Waals surface area (Å²) in [4.78, 5) is 15.7. The van der Waals surface area contributed by atoms with Crippen LogP contribution in [0.4, 0.5) is 0 Å². The maximum atomic E-state index is 13.0. The highest BCUT2D eigenvalue weighted by Crippen LogP contribution is 2.40. The van der Waals surface area contributed by atoms with E-state index in [1.807, 2.05) is 6.07 Å². The predicted octanol–water partition coefficient (Wildman–Crippen LogP) is 4.93. The molecule has 130 valence electrons. The summed E-state index contributed by atoms with van der Waals surface area (Å²) in [5.74, 6) is 0.561. The molecular formula is C23H27NO. The summed E-state index contributed by atoms with van der Waals surface area (Å²) in [6.07, 6.45) is 4.53. The average molecular weight is 333 g/mol. The molecule has 2 atom stereocenters. The number of nitrogens with zero attached hydrogens (tertiary/aromatic N) is 1. The number of fused-ring (bicyclic) bond motifs is 2. The summed E-state index contributed by atoms with van der Waals surface area (Å²) < 4.78 is 0. The fourth-order valence-electron chi connectivity index (χ4n) is 4.67. The third kappa shape index (κ3) is 3.28. The van der Waals surface area contributed by atoms with Gasteiger partial charge in [-0.05, 0) is 62.3 Å². The average Bonchev–Trinajstić information content (AvgIpc) is 2.86. The van der Waals surface area contributed by atoms with Crippen LogP contribution in [-0.4, -0.2) is 22.8 Å². The Morgan fingerprint density at radius 2 is 1.64 bits per heavy atom. The van der Waals surface area contributed by atoms with Crippen molar-refractivity contribution in [2.45, 2.75) is 58.2 Å². The van der Waals surface area contributed by atoms with Gasteiger partial charge in [0.25, 0.3) is 0 Å². The molecule has 2 bridgehead atoms. The number of benzene rings is 2. The van der Waals surface area contributed by atoms with E-state index in [1.54, 1.807) is 0 Å². The van der Waals surface area contributed by atoms with E-state index < -0.39 is 0 Å². The van der Waals surface area contributed by atoms with Crippen LogP contribution >= 0.6 is 0 Å². The van der Waals surface area contributed by atoms with E-state index in [9.17, 15) is 4.79 Å². The highest BCUT2D eigenvalue weighted by Gasteiger charge is 2.42. The number of aryl methyl sites for hydroxylation is 2. The molecule has 2 aromatic rings. The van der Waals surface area contributed by atoms with E-state index in [0.29, 0.717) is 17.9 Å². The Morgan fingerprint density at radius 3 is 2.28 bits per heavy atom. The lowest BCUT2D eigenvalue weighted by molar-refractivity contribution is 0.0678. The number of piperidine rings is 1. The quantitative estimate of drug-likeness (QED) is 0.740. The first kappa shape index (κ1) is 16.5. The Balaban J connectivity index is 1.47. The molecule has 2 nitrogen and oxygen atoms in total. The highest BCUT2D eigenvalue weighted by molar-refractivity contribution is 5.98. The second kappa shape index (κ2) is 6.76. The van der Waals surface area contributed by atoms with Gasteiger partial charge in [0, 0.05) is 30.1 Å². The molecule has 2 heterocycles. The SMILES string of the molecule is Cc1ccc(C(=O)C2CC3CCC(C2)N3Cc2ccccc2)cc1C. The van der Waals surface area contributed by atoms with Crippen molar-refractivity contribution in [3.8, 4) is 0 Å². The van der Waals surface area contributed by atoms with Crippen molar-refractivity contribution in [3.05, 3.63) is 70.8 Å². The zero-order valence-electron chi connectivity index (χ0n) is 15.2. The van der Waals surface area contributed by atoms with E-state index in [0.717, 1.165) is 24.9 Å². The Hall–Kier alpha value is -1.93. The number of carbonyl (C=O) groups is 1.